The molecular weight excluding hydrogens is 348 g/mol. The van der Waals surface area contributed by atoms with Gasteiger partial charge in [0.05, 0.1) is 0 Å². The van der Waals surface area contributed by atoms with E-state index in [1.807, 2.05) is 35.7 Å². The molecule has 1 aromatic carbocycles. The summed E-state index contributed by atoms with van der Waals surface area (Å²) < 4.78 is 0. The van der Waals surface area contributed by atoms with Crippen LogP contribution < -0.4 is 10.6 Å². The van der Waals surface area contributed by atoms with Crippen molar-refractivity contribution >= 4 is 47.5 Å². The topological polar surface area (TPSA) is 41.1 Å². The third kappa shape index (κ3) is 6.22. The molecule has 128 valence electrons. The zero-order valence-electron chi connectivity index (χ0n) is 13.3. The van der Waals surface area contributed by atoms with Crippen molar-refractivity contribution in [2.24, 2.45) is 0 Å². The third-order valence-electron chi connectivity index (χ3n) is 4.17. The predicted molar refractivity (Wildman–Crippen MR) is 104 cm³/mol. The van der Waals surface area contributed by atoms with Crippen molar-refractivity contribution in [3.8, 4) is 0 Å². The van der Waals surface area contributed by atoms with Crippen molar-refractivity contribution in [2.45, 2.75) is 48.3 Å². The first kappa shape index (κ1) is 19.0. The number of anilines is 1. The van der Waals surface area contributed by atoms with Crippen molar-refractivity contribution in [3.05, 3.63) is 24.3 Å². The summed E-state index contributed by atoms with van der Waals surface area (Å²) in [6, 6.07) is 8.63. The summed E-state index contributed by atoms with van der Waals surface area (Å²) in [5, 5.41) is 7.20. The number of hydrogen-bond acceptors (Lipinski definition) is 4. The average molecular weight is 373 g/mol. The average Bonchev–Trinajstić information content (AvgIpc) is 3.03. The molecule has 2 fully saturated rings. The van der Waals surface area contributed by atoms with Crippen LogP contribution in [-0.2, 0) is 4.79 Å². The first-order valence-corrected chi connectivity index (χ1v) is 10.2. The molecule has 0 radical (unpaired) electrons. The standard InChI is InChI=1S/C17H24N2OS2.ClH/c20-17(11-14-12-21-10-9-18-14)19-13-5-7-16(8-6-13)22-15-3-1-2-4-15;/h5-8,14-15,18H,1-4,9-12H2,(H,19,20);1H. The minimum Gasteiger partial charge on any atom is -0.326 e. The van der Waals surface area contributed by atoms with Crippen molar-refractivity contribution in [2.75, 3.05) is 23.4 Å². The van der Waals surface area contributed by atoms with Crippen LogP contribution in [0.15, 0.2) is 29.2 Å². The van der Waals surface area contributed by atoms with Crippen LogP contribution in [0, 0.1) is 0 Å². The van der Waals surface area contributed by atoms with Crippen LogP contribution in [0.1, 0.15) is 32.1 Å². The van der Waals surface area contributed by atoms with Crippen molar-refractivity contribution in [1.29, 1.82) is 0 Å². The number of carbonyl (C=O) groups excluding carboxylic acids is 1. The van der Waals surface area contributed by atoms with Crippen molar-refractivity contribution in [3.63, 3.8) is 0 Å². The highest BCUT2D eigenvalue weighted by Gasteiger charge is 2.17. The molecule has 3 nitrogen and oxygen atoms in total. The molecule has 1 unspecified atom stereocenters. The summed E-state index contributed by atoms with van der Waals surface area (Å²) in [4.78, 5) is 13.4. The summed E-state index contributed by atoms with van der Waals surface area (Å²) in [6.07, 6.45) is 6.00. The minimum atomic E-state index is 0. The van der Waals surface area contributed by atoms with E-state index in [1.165, 1.54) is 30.6 Å². The maximum absolute atomic E-state index is 12.1. The zero-order valence-corrected chi connectivity index (χ0v) is 15.7. The SMILES string of the molecule is Cl.O=C(CC1CSCCN1)Nc1ccc(SC2CCCC2)cc1. The van der Waals surface area contributed by atoms with Gasteiger partial charge in [-0.3, -0.25) is 4.79 Å². The number of benzene rings is 1. The van der Waals surface area contributed by atoms with E-state index >= 15 is 0 Å². The Hall–Kier alpha value is -0.360. The highest BCUT2D eigenvalue weighted by atomic mass is 35.5. The van der Waals surface area contributed by atoms with Crippen LogP contribution in [0.2, 0.25) is 0 Å². The Bertz CT molecular complexity index is 486. The summed E-state index contributed by atoms with van der Waals surface area (Å²) in [6.45, 7) is 1.01. The number of carbonyl (C=O) groups is 1. The molecule has 6 heteroatoms. The lowest BCUT2D eigenvalue weighted by Gasteiger charge is -2.22. The van der Waals surface area contributed by atoms with Crippen molar-refractivity contribution in [1.82, 2.24) is 5.32 Å². The van der Waals surface area contributed by atoms with Gasteiger partial charge in [-0.2, -0.15) is 11.8 Å². The monoisotopic (exact) mass is 372 g/mol. The molecule has 23 heavy (non-hydrogen) atoms. The molecule has 1 heterocycles. The summed E-state index contributed by atoms with van der Waals surface area (Å²) in [5.41, 5.74) is 0.907. The van der Waals surface area contributed by atoms with E-state index in [0.717, 1.165) is 29.0 Å². The van der Waals surface area contributed by atoms with Gasteiger partial charge in [0.15, 0.2) is 0 Å². The molecule has 0 bridgehead atoms. The molecular formula is C17H25ClN2OS2. The molecule has 3 rings (SSSR count). The number of nitrogens with one attached hydrogen (secondary N) is 2. The Morgan fingerprint density at radius 1 is 1.26 bits per heavy atom. The first-order chi connectivity index (χ1) is 10.8. The summed E-state index contributed by atoms with van der Waals surface area (Å²) in [7, 11) is 0. The smallest absolute Gasteiger partial charge is 0.225 e. The molecule has 1 saturated carbocycles. The Kier molecular flexibility index (Phi) is 8.10. The second-order valence-corrected chi connectivity index (χ2v) is 8.55. The molecule has 1 saturated heterocycles. The van der Waals surface area contributed by atoms with E-state index in [1.54, 1.807) is 0 Å². The first-order valence-electron chi connectivity index (χ1n) is 8.17. The van der Waals surface area contributed by atoms with Crippen molar-refractivity contribution < 1.29 is 4.79 Å². The quantitative estimate of drug-likeness (QED) is 0.813. The van der Waals surface area contributed by atoms with E-state index in [-0.39, 0.29) is 18.3 Å². The summed E-state index contributed by atoms with van der Waals surface area (Å²) >= 11 is 3.90. The molecule has 0 aromatic heterocycles. The Morgan fingerprint density at radius 2 is 2.00 bits per heavy atom. The van der Waals surface area contributed by atoms with Gasteiger partial charge in [-0.25, -0.2) is 0 Å². The van der Waals surface area contributed by atoms with Gasteiger partial charge >= 0.3 is 0 Å². The molecule has 1 aliphatic carbocycles. The lowest BCUT2D eigenvalue weighted by Crippen LogP contribution is -2.39. The largest absolute Gasteiger partial charge is 0.326 e. The third-order valence-corrected chi connectivity index (χ3v) is 6.65. The van der Waals surface area contributed by atoms with Crippen LogP contribution in [0.4, 0.5) is 5.69 Å². The van der Waals surface area contributed by atoms with E-state index < -0.39 is 0 Å². The van der Waals surface area contributed by atoms with Gasteiger partial charge in [-0.05, 0) is 37.1 Å². The Labute approximate surface area is 153 Å². The van der Waals surface area contributed by atoms with Crippen LogP contribution in [0.5, 0.6) is 0 Å². The molecule has 2 aliphatic rings. The molecule has 2 N–H and O–H groups in total. The number of amides is 1. The molecule has 1 amide bonds. The Balaban J connectivity index is 0.00000192. The fourth-order valence-electron chi connectivity index (χ4n) is 3.00. The maximum Gasteiger partial charge on any atom is 0.225 e. The van der Waals surface area contributed by atoms with Crippen LogP contribution in [-0.4, -0.2) is 35.2 Å². The fraction of sp³-hybridized carbons (Fsp3) is 0.588. The highest BCUT2D eigenvalue weighted by Crippen LogP contribution is 2.34. The van der Waals surface area contributed by atoms with Gasteiger partial charge in [0.1, 0.15) is 0 Å². The molecule has 1 aliphatic heterocycles. The lowest BCUT2D eigenvalue weighted by molar-refractivity contribution is -0.116. The second kappa shape index (κ2) is 9.82. The van der Waals surface area contributed by atoms with Gasteiger partial charge in [0.25, 0.3) is 0 Å². The van der Waals surface area contributed by atoms with E-state index in [0.29, 0.717) is 12.5 Å². The van der Waals surface area contributed by atoms with E-state index in [2.05, 4.69) is 22.8 Å². The van der Waals surface area contributed by atoms with Crippen LogP contribution >= 0.6 is 35.9 Å². The number of thioether (sulfide) groups is 2. The van der Waals surface area contributed by atoms with Crippen LogP contribution in [0.3, 0.4) is 0 Å². The minimum absolute atomic E-state index is 0. The fourth-order valence-corrected chi connectivity index (χ4v) is 5.20. The molecule has 1 atom stereocenters. The summed E-state index contributed by atoms with van der Waals surface area (Å²) in [5.74, 6) is 2.29. The zero-order chi connectivity index (χ0) is 15.2. The van der Waals surface area contributed by atoms with Gasteiger partial charge in [-0.15, -0.1) is 24.2 Å². The van der Waals surface area contributed by atoms with Gasteiger partial charge in [-0.1, -0.05) is 12.8 Å². The predicted octanol–water partition coefficient (Wildman–Crippen LogP) is 4.18. The van der Waals surface area contributed by atoms with Gasteiger partial charge in [0.2, 0.25) is 5.91 Å². The maximum atomic E-state index is 12.1. The number of hydrogen-bond donors (Lipinski definition) is 2. The normalized spacial score (nSPS) is 21.7. The van der Waals surface area contributed by atoms with Gasteiger partial charge < -0.3 is 10.6 Å². The highest BCUT2D eigenvalue weighted by molar-refractivity contribution is 8.00. The Morgan fingerprint density at radius 3 is 2.65 bits per heavy atom. The van der Waals surface area contributed by atoms with E-state index in [9.17, 15) is 4.79 Å². The lowest BCUT2D eigenvalue weighted by atomic mass is 10.2. The number of rotatable bonds is 5. The molecule has 1 aromatic rings. The van der Waals surface area contributed by atoms with Gasteiger partial charge in [0, 0.05) is 46.3 Å². The van der Waals surface area contributed by atoms with Crippen LogP contribution in [0.25, 0.3) is 0 Å². The van der Waals surface area contributed by atoms with E-state index in [4.69, 9.17) is 0 Å². The molecule has 0 spiro atoms. The number of halogens is 1. The second-order valence-electron chi connectivity index (χ2n) is 6.03.